The maximum Gasteiger partial charge on any atom is 0.322 e. The summed E-state index contributed by atoms with van der Waals surface area (Å²) in [4.78, 5) is 14.0. The lowest BCUT2D eigenvalue weighted by molar-refractivity contribution is 0.251. The van der Waals surface area contributed by atoms with Gasteiger partial charge in [-0.15, -0.1) is 0 Å². The molecular formula is C21H17ClN2O3. The molecule has 1 aliphatic rings. The maximum atomic E-state index is 12.4. The van der Waals surface area contributed by atoms with Crippen molar-refractivity contribution in [3.8, 4) is 17.2 Å². The summed E-state index contributed by atoms with van der Waals surface area (Å²) in [5, 5.41) is 13.2. The molecule has 4 rings (SSSR count). The molecule has 0 saturated carbocycles. The molecule has 0 aliphatic carbocycles. The van der Waals surface area contributed by atoms with Gasteiger partial charge in [-0.1, -0.05) is 23.7 Å². The number of hydrogen-bond acceptors (Lipinski definition) is 3. The summed E-state index contributed by atoms with van der Waals surface area (Å²) in [6, 6.07) is 21.0. The molecule has 1 aliphatic heterocycles. The van der Waals surface area contributed by atoms with Crippen LogP contribution in [0.5, 0.6) is 17.2 Å². The van der Waals surface area contributed by atoms with Gasteiger partial charge in [0.05, 0.1) is 6.04 Å². The van der Waals surface area contributed by atoms with Crippen LogP contribution in [-0.2, 0) is 0 Å². The Morgan fingerprint density at radius 3 is 2.33 bits per heavy atom. The molecule has 1 saturated heterocycles. The molecule has 2 N–H and O–H groups in total. The lowest BCUT2D eigenvalue weighted by Gasteiger charge is -2.23. The van der Waals surface area contributed by atoms with Gasteiger partial charge in [-0.25, -0.2) is 4.79 Å². The van der Waals surface area contributed by atoms with Crippen molar-refractivity contribution in [3.05, 3.63) is 83.4 Å². The van der Waals surface area contributed by atoms with E-state index in [0.717, 1.165) is 11.3 Å². The van der Waals surface area contributed by atoms with Gasteiger partial charge in [-0.2, -0.15) is 0 Å². The Balaban J connectivity index is 1.56. The Kier molecular flexibility index (Phi) is 4.60. The largest absolute Gasteiger partial charge is 0.508 e. The van der Waals surface area contributed by atoms with E-state index in [9.17, 15) is 9.90 Å². The molecule has 2 amide bonds. The van der Waals surface area contributed by atoms with Gasteiger partial charge in [0.2, 0.25) is 0 Å². The van der Waals surface area contributed by atoms with Crippen LogP contribution in [0.15, 0.2) is 72.8 Å². The van der Waals surface area contributed by atoms with Gasteiger partial charge in [0.1, 0.15) is 17.2 Å². The van der Waals surface area contributed by atoms with Crippen LogP contribution in [0, 0.1) is 0 Å². The monoisotopic (exact) mass is 380 g/mol. The van der Waals surface area contributed by atoms with Gasteiger partial charge in [0, 0.05) is 17.3 Å². The van der Waals surface area contributed by atoms with E-state index in [2.05, 4.69) is 5.32 Å². The molecule has 0 spiro atoms. The minimum absolute atomic E-state index is 0.172. The first kappa shape index (κ1) is 17.2. The molecular weight excluding hydrogens is 364 g/mol. The van der Waals surface area contributed by atoms with Crippen molar-refractivity contribution >= 4 is 23.3 Å². The fraction of sp³-hybridized carbons (Fsp3) is 0.0952. The van der Waals surface area contributed by atoms with Crippen LogP contribution in [0.4, 0.5) is 10.5 Å². The second-order valence-corrected chi connectivity index (χ2v) is 6.65. The van der Waals surface area contributed by atoms with Gasteiger partial charge >= 0.3 is 6.03 Å². The number of urea groups is 1. The SMILES string of the molecule is O=C1NC[C@H](c2cccc(O)c2)N1c1ccc(Oc2ccc(Cl)cc2)cc1. The van der Waals surface area contributed by atoms with Crippen LogP contribution in [0.3, 0.4) is 0 Å². The van der Waals surface area contributed by atoms with Crippen LogP contribution >= 0.6 is 11.6 Å². The smallest absolute Gasteiger partial charge is 0.322 e. The third kappa shape index (κ3) is 3.68. The quantitative estimate of drug-likeness (QED) is 0.661. The highest BCUT2D eigenvalue weighted by Gasteiger charge is 2.33. The normalized spacial score (nSPS) is 16.3. The van der Waals surface area contributed by atoms with Crippen molar-refractivity contribution in [2.75, 3.05) is 11.4 Å². The summed E-state index contributed by atoms with van der Waals surface area (Å²) in [6.45, 7) is 0.477. The average molecular weight is 381 g/mol. The Morgan fingerprint density at radius 2 is 1.67 bits per heavy atom. The second-order valence-electron chi connectivity index (χ2n) is 6.22. The number of phenols is 1. The van der Waals surface area contributed by atoms with Gasteiger partial charge in [-0.05, 0) is 66.2 Å². The molecule has 136 valence electrons. The molecule has 0 aromatic heterocycles. The first-order valence-electron chi connectivity index (χ1n) is 8.49. The second kappa shape index (κ2) is 7.21. The third-order valence-electron chi connectivity index (χ3n) is 4.40. The van der Waals surface area contributed by atoms with Crippen molar-refractivity contribution < 1.29 is 14.6 Å². The zero-order chi connectivity index (χ0) is 18.8. The summed E-state index contributed by atoms with van der Waals surface area (Å²) in [5.41, 5.74) is 1.62. The Morgan fingerprint density at radius 1 is 1.00 bits per heavy atom. The molecule has 6 heteroatoms. The van der Waals surface area contributed by atoms with E-state index in [4.69, 9.17) is 16.3 Å². The number of halogens is 1. The van der Waals surface area contributed by atoms with Crippen molar-refractivity contribution in [1.29, 1.82) is 0 Å². The Hall–Kier alpha value is -3.18. The van der Waals surface area contributed by atoms with Gasteiger partial charge in [0.15, 0.2) is 0 Å². The minimum atomic E-state index is -0.187. The van der Waals surface area contributed by atoms with E-state index in [1.54, 1.807) is 47.4 Å². The molecule has 5 nitrogen and oxygen atoms in total. The number of phenolic OH excluding ortho intramolecular Hbond substituents is 1. The molecule has 1 fully saturated rings. The fourth-order valence-electron chi connectivity index (χ4n) is 3.11. The first-order chi connectivity index (χ1) is 13.1. The number of nitrogens with zero attached hydrogens (tertiary/aromatic N) is 1. The van der Waals surface area contributed by atoms with Crippen LogP contribution in [-0.4, -0.2) is 17.7 Å². The lowest BCUT2D eigenvalue weighted by Crippen LogP contribution is -2.29. The molecule has 1 heterocycles. The lowest BCUT2D eigenvalue weighted by atomic mass is 10.1. The predicted molar refractivity (Wildman–Crippen MR) is 105 cm³/mol. The highest BCUT2D eigenvalue weighted by atomic mass is 35.5. The van der Waals surface area contributed by atoms with E-state index in [1.165, 1.54) is 0 Å². The summed E-state index contributed by atoms with van der Waals surface area (Å²) in [7, 11) is 0. The number of nitrogens with one attached hydrogen (secondary N) is 1. The summed E-state index contributed by atoms with van der Waals surface area (Å²) >= 11 is 5.88. The molecule has 1 atom stereocenters. The number of carbonyl (C=O) groups excluding carboxylic acids is 1. The van der Waals surface area contributed by atoms with Crippen molar-refractivity contribution in [2.45, 2.75) is 6.04 Å². The first-order valence-corrected chi connectivity index (χ1v) is 8.87. The highest BCUT2D eigenvalue weighted by Crippen LogP contribution is 2.33. The highest BCUT2D eigenvalue weighted by molar-refractivity contribution is 6.30. The number of rotatable bonds is 4. The average Bonchev–Trinajstić information content (AvgIpc) is 3.06. The van der Waals surface area contributed by atoms with E-state index in [0.29, 0.717) is 23.1 Å². The minimum Gasteiger partial charge on any atom is -0.508 e. The number of carbonyl (C=O) groups is 1. The van der Waals surface area contributed by atoms with Crippen molar-refractivity contribution in [3.63, 3.8) is 0 Å². The van der Waals surface area contributed by atoms with Crippen LogP contribution in [0.2, 0.25) is 5.02 Å². The number of anilines is 1. The number of ether oxygens (including phenoxy) is 1. The predicted octanol–water partition coefficient (Wildman–Crippen LogP) is 5.11. The number of amides is 2. The number of benzene rings is 3. The Labute approximate surface area is 161 Å². The van der Waals surface area contributed by atoms with Crippen LogP contribution in [0.25, 0.3) is 0 Å². The number of aromatic hydroxyl groups is 1. The topological polar surface area (TPSA) is 61.8 Å². The third-order valence-corrected chi connectivity index (χ3v) is 4.65. The molecule has 27 heavy (non-hydrogen) atoms. The Bertz CT molecular complexity index is 958. The zero-order valence-electron chi connectivity index (χ0n) is 14.3. The fourth-order valence-corrected chi connectivity index (χ4v) is 3.24. The van der Waals surface area contributed by atoms with Gasteiger partial charge in [0.25, 0.3) is 0 Å². The van der Waals surface area contributed by atoms with Gasteiger partial charge in [-0.3, -0.25) is 4.90 Å². The van der Waals surface area contributed by atoms with Crippen molar-refractivity contribution in [2.24, 2.45) is 0 Å². The standard InChI is InChI=1S/C21H17ClN2O3/c22-15-4-8-18(9-5-15)27-19-10-6-16(7-11-19)24-20(13-23-21(24)26)14-2-1-3-17(25)12-14/h1-12,20,25H,13H2,(H,23,26)/t20-/m1/s1. The zero-order valence-corrected chi connectivity index (χ0v) is 15.1. The number of hydrogen-bond donors (Lipinski definition) is 2. The molecule has 0 unspecified atom stereocenters. The molecule has 3 aromatic carbocycles. The van der Waals surface area contributed by atoms with Crippen molar-refractivity contribution in [1.82, 2.24) is 5.32 Å². The molecule has 3 aromatic rings. The van der Waals surface area contributed by atoms with Crippen LogP contribution < -0.4 is 15.0 Å². The molecule has 0 bridgehead atoms. The van der Waals surface area contributed by atoms with E-state index in [-0.39, 0.29) is 17.8 Å². The van der Waals surface area contributed by atoms with Gasteiger partial charge < -0.3 is 15.2 Å². The van der Waals surface area contributed by atoms with E-state index >= 15 is 0 Å². The summed E-state index contributed by atoms with van der Waals surface area (Å²) in [5.74, 6) is 1.52. The van der Waals surface area contributed by atoms with E-state index in [1.807, 2.05) is 30.3 Å². The van der Waals surface area contributed by atoms with E-state index < -0.39 is 0 Å². The van der Waals surface area contributed by atoms with Crippen LogP contribution in [0.1, 0.15) is 11.6 Å². The summed E-state index contributed by atoms with van der Waals surface area (Å²) < 4.78 is 5.79. The summed E-state index contributed by atoms with van der Waals surface area (Å²) in [6.07, 6.45) is 0. The maximum absolute atomic E-state index is 12.4. The molecule has 0 radical (unpaired) electrons.